The third-order valence-corrected chi connectivity index (χ3v) is 6.88. The van der Waals surface area contributed by atoms with Gasteiger partial charge in [0.25, 0.3) is 0 Å². The molecule has 0 aliphatic heterocycles. The highest BCUT2D eigenvalue weighted by molar-refractivity contribution is 6.31. The molecule has 0 atom stereocenters. The highest BCUT2D eigenvalue weighted by Crippen LogP contribution is 2.40. The van der Waals surface area contributed by atoms with Crippen LogP contribution in [0, 0.1) is 0 Å². The maximum atomic E-state index is 11.5. The first-order valence-corrected chi connectivity index (χ1v) is 12.5. The lowest BCUT2D eigenvalue weighted by atomic mass is 9.95. The lowest BCUT2D eigenvalue weighted by Gasteiger charge is -2.20. The molecule has 0 aliphatic carbocycles. The van der Waals surface area contributed by atoms with Crippen molar-refractivity contribution in [3.63, 3.8) is 0 Å². The van der Waals surface area contributed by atoms with Crippen molar-refractivity contribution in [2.75, 3.05) is 13.1 Å². The van der Waals surface area contributed by atoms with Crippen LogP contribution < -0.4 is 5.36 Å². The molecule has 36 heavy (non-hydrogen) atoms. The van der Waals surface area contributed by atoms with E-state index in [1.807, 2.05) is 42.5 Å². The van der Waals surface area contributed by atoms with E-state index < -0.39 is 0 Å². The Morgan fingerprint density at radius 3 is 2.44 bits per heavy atom. The number of hydrogen-bond donors (Lipinski definition) is 2. The van der Waals surface area contributed by atoms with E-state index in [1.165, 1.54) is 0 Å². The Labute approximate surface area is 215 Å². The highest BCUT2D eigenvalue weighted by atomic mass is 35.5. The molecular formula is C30H28ClN3O2. The van der Waals surface area contributed by atoms with Crippen LogP contribution in [-0.2, 0) is 6.54 Å². The number of fused-ring (bicyclic) bond motifs is 2. The van der Waals surface area contributed by atoms with E-state index in [0.717, 1.165) is 56.4 Å². The van der Waals surface area contributed by atoms with Crippen LogP contribution >= 0.6 is 11.6 Å². The zero-order valence-electron chi connectivity index (χ0n) is 20.3. The molecule has 0 saturated carbocycles. The number of hydrogen-bond acceptors (Lipinski definition) is 4. The SMILES string of the molecule is CCN(CC)Cc1cc(N=c2ccn(O)c3cc(Cl)ccc23)cc(-c2cccc3ccccc23)c1O. The van der Waals surface area contributed by atoms with Crippen molar-refractivity contribution >= 4 is 39.0 Å². The van der Waals surface area contributed by atoms with Crippen molar-refractivity contribution in [1.82, 2.24) is 9.63 Å². The molecule has 0 spiro atoms. The van der Waals surface area contributed by atoms with Crippen LogP contribution in [0.5, 0.6) is 5.75 Å². The second-order valence-electron chi connectivity index (χ2n) is 8.81. The zero-order chi connectivity index (χ0) is 25.2. The van der Waals surface area contributed by atoms with Gasteiger partial charge in [0.05, 0.1) is 16.6 Å². The second kappa shape index (κ2) is 10.1. The minimum absolute atomic E-state index is 0.273. The normalized spacial score (nSPS) is 12.2. The molecule has 0 aliphatic rings. The van der Waals surface area contributed by atoms with E-state index >= 15 is 0 Å². The number of phenols is 1. The average Bonchev–Trinajstić information content (AvgIpc) is 2.90. The quantitative estimate of drug-likeness (QED) is 0.245. The van der Waals surface area contributed by atoms with Gasteiger partial charge in [0.1, 0.15) is 5.75 Å². The highest BCUT2D eigenvalue weighted by Gasteiger charge is 2.16. The zero-order valence-corrected chi connectivity index (χ0v) is 21.1. The van der Waals surface area contributed by atoms with E-state index in [0.29, 0.717) is 22.4 Å². The van der Waals surface area contributed by atoms with Crippen LogP contribution in [0.3, 0.4) is 0 Å². The largest absolute Gasteiger partial charge is 0.507 e. The van der Waals surface area contributed by atoms with E-state index in [1.54, 1.807) is 24.4 Å². The molecule has 4 aromatic carbocycles. The summed E-state index contributed by atoms with van der Waals surface area (Å²) in [6.45, 7) is 6.60. The third kappa shape index (κ3) is 4.55. The number of aromatic nitrogens is 1. The van der Waals surface area contributed by atoms with E-state index in [9.17, 15) is 10.3 Å². The lowest BCUT2D eigenvalue weighted by molar-refractivity contribution is 0.198. The molecule has 0 unspecified atom stereocenters. The molecule has 6 heteroatoms. The van der Waals surface area contributed by atoms with Gasteiger partial charge in [-0.2, -0.15) is 4.73 Å². The summed E-state index contributed by atoms with van der Waals surface area (Å²) >= 11 is 6.17. The number of aromatic hydroxyl groups is 1. The van der Waals surface area contributed by atoms with E-state index in [-0.39, 0.29) is 5.75 Å². The fourth-order valence-corrected chi connectivity index (χ4v) is 4.84. The summed E-state index contributed by atoms with van der Waals surface area (Å²) < 4.78 is 1.05. The second-order valence-corrected chi connectivity index (χ2v) is 9.24. The minimum Gasteiger partial charge on any atom is -0.507 e. The number of halogens is 1. The molecule has 5 rings (SSSR count). The first-order valence-electron chi connectivity index (χ1n) is 12.1. The van der Waals surface area contributed by atoms with Gasteiger partial charge in [0.15, 0.2) is 0 Å². The van der Waals surface area contributed by atoms with Gasteiger partial charge in [-0.15, -0.1) is 0 Å². The maximum absolute atomic E-state index is 11.5. The lowest BCUT2D eigenvalue weighted by Crippen LogP contribution is -2.22. The standard InChI is InChI=1S/C30H28ClN3O2/c1-3-33(4-2)19-21-16-23(32-28-14-15-34(36)29-17-22(31)12-13-26(28)29)18-27(30(21)35)25-11-7-9-20-8-5-6-10-24(20)25/h5-18,35-36H,3-4,19H2,1-2H3. The van der Waals surface area contributed by atoms with Gasteiger partial charge in [-0.05, 0) is 65.8 Å². The molecule has 0 fully saturated rings. The molecule has 182 valence electrons. The molecule has 0 amide bonds. The minimum atomic E-state index is 0.273. The van der Waals surface area contributed by atoms with Gasteiger partial charge in [0.2, 0.25) is 0 Å². The predicted molar refractivity (Wildman–Crippen MR) is 147 cm³/mol. The van der Waals surface area contributed by atoms with Crippen molar-refractivity contribution in [3.05, 3.63) is 101 Å². The summed E-state index contributed by atoms with van der Waals surface area (Å²) in [4.78, 5) is 7.23. The summed E-state index contributed by atoms with van der Waals surface area (Å²) in [5.74, 6) is 0.273. The number of benzene rings is 4. The van der Waals surface area contributed by atoms with Crippen LogP contribution in [0.2, 0.25) is 5.02 Å². The van der Waals surface area contributed by atoms with E-state index in [2.05, 4.69) is 36.9 Å². The summed E-state index contributed by atoms with van der Waals surface area (Å²) in [5, 5.41) is 25.9. The monoisotopic (exact) mass is 497 g/mol. The molecule has 5 nitrogen and oxygen atoms in total. The van der Waals surface area contributed by atoms with E-state index in [4.69, 9.17) is 16.6 Å². The van der Waals surface area contributed by atoms with Crippen LogP contribution in [0.15, 0.2) is 90.1 Å². The summed E-state index contributed by atoms with van der Waals surface area (Å²) in [7, 11) is 0. The Balaban J connectivity index is 1.77. The molecule has 1 heterocycles. The molecule has 0 saturated heterocycles. The van der Waals surface area contributed by atoms with Crippen LogP contribution in [0.25, 0.3) is 32.8 Å². The van der Waals surface area contributed by atoms with Crippen molar-refractivity contribution in [2.45, 2.75) is 20.4 Å². The Hall–Kier alpha value is -3.80. The number of phenolic OH excluding ortho intramolecular Hbond substituents is 1. The molecule has 5 aromatic rings. The molecule has 0 bridgehead atoms. The van der Waals surface area contributed by atoms with Gasteiger partial charge in [0, 0.05) is 34.3 Å². The van der Waals surface area contributed by atoms with Crippen molar-refractivity contribution < 1.29 is 10.3 Å². The molecule has 1 aromatic heterocycles. The summed E-state index contributed by atoms with van der Waals surface area (Å²) in [6.07, 6.45) is 1.56. The number of nitrogens with zero attached hydrogens (tertiary/aromatic N) is 3. The van der Waals surface area contributed by atoms with Crippen LogP contribution in [0.4, 0.5) is 5.69 Å². The van der Waals surface area contributed by atoms with Crippen molar-refractivity contribution in [2.24, 2.45) is 4.99 Å². The summed E-state index contributed by atoms with van der Waals surface area (Å²) in [5.41, 5.74) is 3.82. The third-order valence-electron chi connectivity index (χ3n) is 6.65. The summed E-state index contributed by atoms with van der Waals surface area (Å²) in [6, 6.07) is 25.3. The topological polar surface area (TPSA) is 61.0 Å². The Bertz CT molecular complexity index is 1630. The predicted octanol–water partition coefficient (Wildman–Crippen LogP) is 7.13. The van der Waals surface area contributed by atoms with Gasteiger partial charge in [-0.3, -0.25) is 4.90 Å². The van der Waals surface area contributed by atoms with Gasteiger partial charge in [-0.1, -0.05) is 67.9 Å². The Morgan fingerprint density at radius 1 is 0.861 bits per heavy atom. The molecule has 0 radical (unpaired) electrons. The smallest absolute Gasteiger partial charge is 0.128 e. The first-order chi connectivity index (χ1) is 17.5. The van der Waals surface area contributed by atoms with Gasteiger partial charge in [-0.25, -0.2) is 4.99 Å². The number of pyridine rings is 1. The van der Waals surface area contributed by atoms with Crippen LogP contribution in [0.1, 0.15) is 19.4 Å². The first kappa shape index (κ1) is 23.9. The molecular weight excluding hydrogens is 470 g/mol. The van der Waals surface area contributed by atoms with Crippen molar-refractivity contribution in [3.8, 4) is 16.9 Å². The van der Waals surface area contributed by atoms with Gasteiger partial charge < -0.3 is 10.3 Å². The fraction of sp³-hybridized carbons (Fsp3) is 0.167. The van der Waals surface area contributed by atoms with Crippen molar-refractivity contribution in [1.29, 1.82) is 0 Å². The fourth-order valence-electron chi connectivity index (χ4n) is 4.68. The molecule has 2 N–H and O–H groups in total. The number of rotatable bonds is 6. The maximum Gasteiger partial charge on any atom is 0.128 e. The Kier molecular flexibility index (Phi) is 6.68. The average molecular weight is 498 g/mol. The van der Waals surface area contributed by atoms with Gasteiger partial charge >= 0.3 is 0 Å². The Morgan fingerprint density at radius 2 is 1.64 bits per heavy atom. The van der Waals surface area contributed by atoms with Crippen LogP contribution in [-0.4, -0.2) is 33.0 Å².